The minimum Gasteiger partial charge on any atom is -0.496 e. The van der Waals surface area contributed by atoms with E-state index < -0.39 is 17.7 Å². The van der Waals surface area contributed by atoms with Gasteiger partial charge >= 0.3 is 5.97 Å². The van der Waals surface area contributed by atoms with E-state index in [0.29, 0.717) is 5.56 Å². The molecule has 0 aliphatic carbocycles. The van der Waals surface area contributed by atoms with Crippen molar-refractivity contribution in [1.29, 1.82) is 0 Å². The van der Waals surface area contributed by atoms with Crippen LogP contribution in [0.25, 0.3) is 11.1 Å². The lowest BCUT2D eigenvalue weighted by Gasteiger charge is -2.16. The Kier molecular flexibility index (Phi) is 4.95. The summed E-state index contributed by atoms with van der Waals surface area (Å²) in [4.78, 5) is 24.1. The van der Waals surface area contributed by atoms with Gasteiger partial charge in [0.1, 0.15) is 11.6 Å². The number of rotatable bonds is 5. The van der Waals surface area contributed by atoms with Gasteiger partial charge in [0.05, 0.1) is 24.8 Å². The zero-order valence-corrected chi connectivity index (χ0v) is 12.8. The van der Waals surface area contributed by atoms with Gasteiger partial charge in [0.2, 0.25) is 0 Å². The van der Waals surface area contributed by atoms with Gasteiger partial charge in [-0.2, -0.15) is 0 Å². The zero-order chi connectivity index (χ0) is 17.0. The van der Waals surface area contributed by atoms with Crippen LogP contribution in [0.2, 0.25) is 0 Å². The van der Waals surface area contributed by atoms with Crippen LogP contribution >= 0.6 is 0 Å². The molecule has 0 aliphatic rings. The molecule has 0 fully saturated rings. The van der Waals surface area contributed by atoms with Crippen molar-refractivity contribution in [2.75, 3.05) is 13.7 Å². The molecule has 2 aromatic rings. The van der Waals surface area contributed by atoms with Crippen molar-refractivity contribution in [2.24, 2.45) is 5.73 Å². The van der Waals surface area contributed by atoms with Crippen molar-refractivity contribution < 1.29 is 23.5 Å². The second kappa shape index (κ2) is 6.91. The molecule has 0 bridgehead atoms. The van der Waals surface area contributed by atoms with Gasteiger partial charge in [0, 0.05) is 11.6 Å². The van der Waals surface area contributed by atoms with Crippen molar-refractivity contribution in [2.45, 2.75) is 6.92 Å². The molecule has 0 atom stereocenters. The smallest absolute Gasteiger partial charge is 0.339 e. The van der Waals surface area contributed by atoms with Gasteiger partial charge in [-0.3, -0.25) is 4.79 Å². The fourth-order valence-electron chi connectivity index (χ4n) is 2.33. The standard InChI is InChI=1S/C17H16FNO4/c1-3-23-17(21)15-13(10-7-5-4-6-8-10)11(18)9-12(22-2)14(15)16(19)20/h4-9H,3H2,1-2H3,(H2,19,20). The maximum atomic E-state index is 14.6. The number of esters is 1. The second-order valence-corrected chi connectivity index (χ2v) is 4.64. The predicted molar refractivity (Wildman–Crippen MR) is 82.9 cm³/mol. The molecule has 2 N–H and O–H groups in total. The van der Waals surface area contributed by atoms with Gasteiger partial charge in [0.15, 0.2) is 0 Å². The number of amides is 1. The van der Waals surface area contributed by atoms with Crippen molar-refractivity contribution in [1.82, 2.24) is 0 Å². The summed E-state index contributed by atoms with van der Waals surface area (Å²) >= 11 is 0. The number of benzene rings is 2. The van der Waals surface area contributed by atoms with E-state index in [4.69, 9.17) is 15.2 Å². The molecule has 120 valence electrons. The Morgan fingerprint density at radius 3 is 2.35 bits per heavy atom. The van der Waals surface area contributed by atoms with Crippen LogP contribution in [0.3, 0.4) is 0 Å². The highest BCUT2D eigenvalue weighted by Crippen LogP contribution is 2.35. The zero-order valence-electron chi connectivity index (χ0n) is 12.8. The Labute approximate surface area is 132 Å². The van der Waals surface area contributed by atoms with Gasteiger partial charge in [-0.05, 0) is 12.5 Å². The van der Waals surface area contributed by atoms with Crippen LogP contribution < -0.4 is 10.5 Å². The average Bonchev–Trinajstić information content (AvgIpc) is 2.54. The van der Waals surface area contributed by atoms with E-state index >= 15 is 0 Å². The molecule has 0 unspecified atom stereocenters. The lowest BCUT2D eigenvalue weighted by atomic mass is 9.93. The molecule has 0 aromatic heterocycles. The van der Waals surface area contributed by atoms with Crippen LogP contribution in [0.4, 0.5) is 4.39 Å². The van der Waals surface area contributed by atoms with Crippen LogP contribution in [-0.4, -0.2) is 25.6 Å². The summed E-state index contributed by atoms with van der Waals surface area (Å²) in [5.41, 5.74) is 5.32. The Bertz CT molecular complexity index is 744. The van der Waals surface area contributed by atoms with Crippen LogP contribution in [0.15, 0.2) is 36.4 Å². The molecule has 6 heteroatoms. The molecule has 0 saturated carbocycles. The lowest BCUT2D eigenvalue weighted by Crippen LogP contribution is -2.21. The van der Waals surface area contributed by atoms with Gasteiger partial charge < -0.3 is 15.2 Å². The van der Waals surface area contributed by atoms with Crippen molar-refractivity contribution in [3.63, 3.8) is 0 Å². The number of nitrogens with two attached hydrogens (primary N) is 1. The fourth-order valence-corrected chi connectivity index (χ4v) is 2.33. The van der Waals surface area contributed by atoms with Gasteiger partial charge in [-0.25, -0.2) is 9.18 Å². The number of ether oxygens (including phenoxy) is 2. The first-order chi connectivity index (χ1) is 11.0. The summed E-state index contributed by atoms with van der Waals surface area (Å²) in [5, 5.41) is 0. The highest BCUT2D eigenvalue weighted by molar-refractivity contribution is 6.10. The molecule has 23 heavy (non-hydrogen) atoms. The number of hydrogen-bond acceptors (Lipinski definition) is 4. The van der Waals surface area contributed by atoms with Gasteiger partial charge in [-0.1, -0.05) is 30.3 Å². The molecule has 1 amide bonds. The largest absolute Gasteiger partial charge is 0.496 e. The number of halogens is 1. The summed E-state index contributed by atoms with van der Waals surface area (Å²) in [6.45, 7) is 1.69. The normalized spacial score (nSPS) is 10.2. The highest BCUT2D eigenvalue weighted by Gasteiger charge is 2.28. The summed E-state index contributed by atoms with van der Waals surface area (Å²) in [6.07, 6.45) is 0. The second-order valence-electron chi connectivity index (χ2n) is 4.64. The molecule has 2 aromatic carbocycles. The first-order valence-corrected chi connectivity index (χ1v) is 6.94. The molecule has 0 radical (unpaired) electrons. The summed E-state index contributed by atoms with van der Waals surface area (Å²) < 4.78 is 24.6. The molecule has 5 nitrogen and oxygen atoms in total. The molecule has 0 spiro atoms. The maximum absolute atomic E-state index is 14.6. The Balaban J connectivity index is 2.87. The Hall–Kier alpha value is -2.89. The van der Waals surface area contributed by atoms with E-state index in [1.165, 1.54) is 7.11 Å². The van der Waals surface area contributed by atoms with E-state index in [-0.39, 0.29) is 29.0 Å². The van der Waals surface area contributed by atoms with Crippen molar-refractivity contribution in [3.8, 4) is 16.9 Å². The van der Waals surface area contributed by atoms with Crippen LogP contribution in [0, 0.1) is 5.82 Å². The SMILES string of the molecule is CCOC(=O)c1c(C(N)=O)c(OC)cc(F)c1-c1ccccc1. The number of methoxy groups -OCH3 is 1. The minimum atomic E-state index is -0.901. The maximum Gasteiger partial charge on any atom is 0.339 e. The van der Waals surface area contributed by atoms with Crippen molar-refractivity contribution in [3.05, 3.63) is 53.3 Å². The first kappa shape index (κ1) is 16.5. The topological polar surface area (TPSA) is 78.6 Å². The number of carbonyl (C=O) groups is 2. The van der Waals surface area contributed by atoms with E-state index in [2.05, 4.69) is 0 Å². The summed E-state index contributed by atoms with van der Waals surface area (Å²) in [6, 6.07) is 9.42. The molecule has 2 rings (SSSR count). The van der Waals surface area contributed by atoms with Crippen molar-refractivity contribution >= 4 is 11.9 Å². The monoisotopic (exact) mass is 317 g/mol. The summed E-state index contributed by atoms with van der Waals surface area (Å²) in [7, 11) is 1.26. The molecular formula is C17H16FNO4. The molecular weight excluding hydrogens is 301 g/mol. The van der Waals surface area contributed by atoms with Gasteiger partial charge in [0.25, 0.3) is 5.91 Å². The highest BCUT2D eigenvalue weighted by atomic mass is 19.1. The quantitative estimate of drug-likeness (QED) is 0.860. The van der Waals surface area contributed by atoms with E-state index in [1.807, 2.05) is 0 Å². The van der Waals surface area contributed by atoms with Crippen LogP contribution in [0.5, 0.6) is 5.75 Å². The number of carbonyl (C=O) groups excluding carboxylic acids is 2. The third-order valence-electron chi connectivity index (χ3n) is 3.25. The number of hydrogen-bond donors (Lipinski definition) is 1. The Morgan fingerprint density at radius 1 is 1.17 bits per heavy atom. The van der Waals surface area contributed by atoms with E-state index in [1.54, 1.807) is 37.3 Å². The third-order valence-corrected chi connectivity index (χ3v) is 3.25. The first-order valence-electron chi connectivity index (χ1n) is 6.94. The lowest BCUT2D eigenvalue weighted by molar-refractivity contribution is 0.0523. The molecule has 0 aliphatic heterocycles. The van der Waals surface area contributed by atoms with E-state index in [0.717, 1.165) is 6.07 Å². The predicted octanol–water partition coefficient (Wildman–Crippen LogP) is 2.78. The molecule has 0 heterocycles. The summed E-state index contributed by atoms with van der Waals surface area (Å²) in [5.74, 6) is -2.56. The number of primary amides is 1. The van der Waals surface area contributed by atoms with E-state index in [9.17, 15) is 14.0 Å². The fraction of sp³-hybridized carbons (Fsp3) is 0.176. The third kappa shape index (κ3) is 3.15. The Morgan fingerprint density at radius 2 is 1.83 bits per heavy atom. The van der Waals surface area contributed by atoms with Crippen LogP contribution in [-0.2, 0) is 4.74 Å². The molecule has 0 saturated heterocycles. The van der Waals surface area contributed by atoms with Crippen LogP contribution in [0.1, 0.15) is 27.6 Å². The minimum absolute atomic E-state index is 0.0429. The average molecular weight is 317 g/mol. The van der Waals surface area contributed by atoms with Gasteiger partial charge in [-0.15, -0.1) is 0 Å².